The lowest BCUT2D eigenvalue weighted by atomic mass is 10.1. The Kier molecular flexibility index (Phi) is 4.24. The molecule has 2 fully saturated rings. The molecule has 0 unspecified atom stereocenters. The number of aliphatic hydroxyl groups excluding tert-OH is 1. The number of hydrogen-bond donors (Lipinski definition) is 1. The quantitative estimate of drug-likeness (QED) is 0.894. The number of aliphatic hydroxyl groups is 1. The number of thiophene rings is 1. The van der Waals surface area contributed by atoms with Gasteiger partial charge in [-0.2, -0.15) is 5.26 Å². The van der Waals surface area contributed by atoms with Crippen LogP contribution in [0.1, 0.15) is 34.5 Å². The molecule has 0 bridgehead atoms. The zero-order valence-corrected chi connectivity index (χ0v) is 12.7. The molecule has 2 heterocycles. The van der Waals surface area contributed by atoms with Gasteiger partial charge in [0.15, 0.2) is 0 Å². The van der Waals surface area contributed by atoms with E-state index < -0.39 is 0 Å². The molecule has 0 aromatic carbocycles. The molecule has 3 rings (SSSR count). The molecular weight excluding hydrogens is 286 g/mol. The summed E-state index contributed by atoms with van der Waals surface area (Å²) in [4.78, 5) is 17.1. The van der Waals surface area contributed by atoms with Crippen molar-refractivity contribution in [1.29, 1.82) is 5.26 Å². The van der Waals surface area contributed by atoms with Gasteiger partial charge in [-0.1, -0.05) is 0 Å². The highest BCUT2D eigenvalue weighted by Gasteiger charge is 2.33. The van der Waals surface area contributed by atoms with E-state index in [4.69, 9.17) is 5.26 Å². The third-order valence-corrected chi connectivity index (χ3v) is 5.40. The maximum absolute atomic E-state index is 12.5. The third-order valence-electron chi connectivity index (χ3n) is 4.49. The summed E-state index contributed by atoms with van der Waals surface area (Å²) in [5.74, 6) is -0.0341. The van der Waals surface area contributed by atoms with E-state index in [0.29, 0.717) is 23.5 Å². The summed E-state index contributed by atoms with van der Waals surface area (Å²) < 4.78 is 0. The first kappa shape index (κ1) is 14.5. The minimum Gasteiger partial charge on any atom is -0.391 e. The SMILES string of the molecule is N#Cc1ccsc1C(=O)N1CCN([C@H]2CCC[C@@H]2O)CC1. The van der Waals surface area contributed by atoms with Crippen LogP contribution in [0.25, 0.3) is 0 Å². The average molecular weight is 305 g/mol. The second kappa shape index (κ2) is 6.14. The Hall–Kier alpha value is -1.42. The van der Waals surface area contributed by atoms with Gasteiger partial charge in [0.25, 0.3) is 5.91 Å². The number of hydrogen-bond acceptors (Lipinski definition) is 5. The second-order valence-electron chi connectivity index (χ2n) is 5.67. The number of rotatable bonds is 2. The van der Waals surface area contributed by atoms with Gasteiger partial charge in [0.1, 0.15) is 10.9 Å². The fraction of sp³-hybridized carbons (Fsp3) is 0.600. The van der Waals surface area contributed by atoms with E-state index in [9.17, 15) is 9.90 Å². The lowest BCUT2D eigenvalue weighted by molar-refractivity contribution is 0.0317. The lowest BCUT2D eigenvalue weighted by Crippen LogP contribution is -2.53. The Morgan fingerprint density at radius 1 is 1.33 bits per heavy atom. The zero-order valence-electron chi connectivity index (χ0n) is 11.9. The van der Waals surface area contributed by atoms with Crippen molar-refractivity contribution in [2.75, 3.05) is 26.2 Å². The minimum absolute atomic E-state index is 0.0341. The molecule has 1 saturated carbocycles. The van der Waals surface area contributed by atoms with Crippen LogP contribution in [0.3, 0.4) is 0 Å². The Morgan fingerprint density at radius 2 is 2.10 bits per heavy atom. The van der Waals surface area contributed by atoms with Crippen molar-refractivity contribution in [3.8, 4) is 6.07 Å². The zero-order chi connectivity index (χ0) is 14.8. The topological polar surface area (TPSA) is 67.6 Å². The van der Waals surface area contributed by atoms with Crippen LogP contribution in [0.2, 0.25) is 0 Å². The maximum atomic E-state index is 12.5. The van der Waals surface area contributed by atoms with E-state index >= 15 is 0 Å². The standard InChI is InChI=1S/C15H19N3O2S/c16-10-11-4-9-21-14(11)15(20)18-7-5-17(6-8-18)12-2-1-3-13(12)19/h4,9,12-13,19H,1-3,5-8H2/t12-,13-/m0/s1. The first-order valence-electron chi connectivity index (χ1n) is 7.39. The Labute approximate surface area is 128 Å². The van der Waals surface area contributed by atoms with E-state index in [0.717, 1.165) is 32.4 Å². The highest BCUT2D eigenvalue weighted by atomic mass is 32.1. The first-order chi connectivity index (χ1) is 10.2. The molecule has 21 heavy (non-hydrogen) atoms. The van der Waals surface area contributed by atoms with Gasteiger partial charge in [-0.05, 0) is 30.7 Å². The highest BCUT2D eigenvalue weighted by Crippen LogP contribution is 2.26. The summed E-state index contributed by atoms with van der Waals surface area (Å²) in [6.07, 6.45) is 2.82. The van der Waals surface area contributed by atoms with Crippen molar-refractivity contribution >= 4 is 17.2 Å². The summed E-state index contributed by atoms with van der Waals surface area (Å²) in [6.45, 7) is 2.96. The normalized spacial score (nSPS) is 26.8. The van der Waals surface area contributed by atoms with Crippen LogP contribution >= 0.6 is 11.3 Å². The summed E-state index contributed by atoms with van der Waals surface area (Å²) >= 11 is 1.34. The molecular formula is C15H19N3O2S. The molecule has 2 atom stereocenters. The van der Waals surface area contributed by atoms with E-state index in [1.165, 1.54) is 11.3 Å². The molecule has 1 aromatic rings. The van der Waals surface area contributed by atoms with Crippen molar-refractivity contribution in [1.82, 2.24) is 9.80 Å². The van der Waals surface area contributed by atoms with Gasteiger partial charge in [-0.25, -0.2) is 0 Å². The van der Waals surface area contributed by atoms with E-state index in [1.54, 1.807) is 11.4 Å². The number of nitrogens with zero attached hydrogens (tertiary/aromatic N) is 3. The van der Waals surface area contributed by atoms with Gasteiger partial charge in [-0.3, -0.25) is 9.69 Å². The number of amides is 1. The number of nitriles is 1. The summed E-state index contributed by atoms with van der Waals surface area (Å²) in [6, 6.07) is 4.03. The molecule has 1 aromatic heterocycles. The summed E-state index contributed by atoms with van der Waals surface area (Å²) in [5, 5.41) is 20.8. The summed E-state index contributed by atoms with van der Waals surface area (Å²) in [5.41, 5.74) is 0.471. The van der Waals surface area contributed by atoms with Crippen LogP contribution in [-0.2, 0) is 0 Å². The van der Waals surface area contributed by atoms with Crippen LogP contribution in [0.15, 0.2) is 11.4 Å². The van der Waals surface area contributed by atoms with Gasteiger partial charge in [0.2, 0.25) is 0 Å². The lowest BCUT2D eigenvalue weighted by Gasteiger charge is -2.39. The number of carbonyl (C=O) groups is 1. The van der Waals surface area contributed by atoms with Crippen LogP contribution in [-0.4, -0.2) is 59.1 Å². The van der Waals surface area contributed by atoms with Gasteiger partial charge < -0.3 is 10.0 Å². The third kappa shape index (κ3) is 2.82. The largest absolute Gasteiger partial charge is 0.391 e. The van der Waals surface area contributed by atoms with Crippen LogP contribution in [0.5, 0.6) is 0 Å². The fourth-order valence-electron chi connectivity index (χ4n) is 3.31. The highest BCUT2D eigenvalue weighted by molar-refractivity contribution is 7.12. The number of carbonyl (C=O) groups excluding carboxylic acids is 1. The summed E-state index contributed by atoms with van der Waals surface area (Å²) in [7, 11) is 0. The molecule has 112 valence electrons. The van der Waals surface area contributed by atoms with Crippen LogP contribution < -0.4 is 0 Å². The number of piperazine rings is 1. The molecule has 6 heteroatoms. The van der Waals surface area contributed by atoms with Crippen LogP contribution in [0, 0.1) is 11.3 Å². The van der Waals surface area contributed by atoms with Crippen LogP contribution in [0.4, 0.5) is 0 Å². The molecule has 1 N–H and O–H groups in total. The van der Waals surface area contributed by atoms with Crippen molar-refractivity contribution < 1.29 is 9.90 Å². The Balaban J connectivity index is 1.61. The van der Waals surface area contributed by atoms with E-state index in [1.807, 2.05) is 4.90 Å². The second-order valence-corrected chi connectivity index (χ2v) is 6.59. The van der Waals surface area contributed by atoms with E-state index in [2.05, 4.69) is 11.0 Å². The monoisotopic (exact) mass is 305 g/mol. The molecule has 1 aliphatic carbocycles. The van der Waals surface area contributed by atoms with Crippen molar-refractivity contribution in [2.45, 2.75) is 31.4 Å². The molecule has 1 saturated heterocycles. The van der Waals surface area contributed by atoms with Crippen molar-refractivity contribution in [3.63, 3.8) is 0 Å². The van der Waals surface area contributed by atoms with Crippen molar-refractivity contribution in [3.05, 3.63) is 21.9 Å². The van der Waals surface area contributed by atoms with E-state index in [-0.39, 0.29) is 18.1 Å². The molecule has 0 spiro atoms. The smallest absolute Gasteiger partial charge is 0.265 e. The Morgan fingerprint density at radius 3 is 2.71 bits per heavy atom. The average Bonchev–Trinajstić information content (AvgIpc) is 3.15. The molecule has 1 amide bonds. The molecule has 5 nitrogen and oxygen atoms in total. The minimum atomic E-state index is -0.213. The van der Waals surface area contributed by atoms with Gasteiger partial charge in [-0.15, -0.1) is 11.3 Å². The fourth-order valence-corrected chi connectivity index (χ4v) is 4.12. The van der Waals surface area contributed by atoms with Gasteiger partial charge >= 0.3 is 0 Å². The molecule has 2 aliphatic rings. The molecule has 1 aliphatic heterocycles. The van der Waals surface area contributed by atoms with Crippen molar-refractivity contribution in [2.24, 2.45) is 0 Å². The first-order valence-corrected chi connectivity index (χ1v) is 8.27. The Bertz CT molecular complexity index is 558. The predicted molar refractivity (Wildman–Crippen MR) is 80.2 cm³/mol. The molecule has 0 radical (unpaired) electrons. The maximum Gasteiger partial charge on any atom is 0.265 e. The predicted octanol–water partition coefficient (Wildman–Crippen LogP) is 1.29. The van der Waals surface area contributed by atoms with Gasteiger partial charge in [0, 0.05) is 32.2 Å². The van der Waals surface area contributed by atoms with Gasteiger partial charge in [0.05, 0.1) is 11.7 Å².